The van der Waals surface area contributed by atoms with Gasteiger partial charge in [-0.3, -0.25) is 4.98 Å². The van der Waals surface area contributed by atoms with Crippen LogP contribution in [0.25, 0.3) is 20.8 Å². The van der Waals surface area contributed by atoms with E-state index in [-0.39, 0.29) is 12.5 Å². The van der Waals surface area contributed by atoms with Crippen LogP contribution >= 0.6 is 11.3 Å². The SMILES string of the molecule is CCCc1nccc2sc(-c3c(C)nc(NC4CCCCC4)nc3NC3C[C@H](CO)[C@@H](O)[C@H]3O)nc12. The molecule has 0 radical (unpaired) electrons. The number of aromatic nitrogens is 4. The van der Waals surface area contributed by atoms with Gasteiger partial charge in [0.05, 0.1) is 33.8 Å². The van der Waals surface area contributed by atoms with Crippen LogP contribution in [0.4, 0.5) is 11.8 Å². The molecule has 5 rings (SSSR count). The first kappa shape index (κ1) is 25.3. The minimum absolute atomic E-state index is 0.175. The molecule has 3 aromatic heterocycles. The number of nitrogens with zero attached hydrogens (tertiary/aromatic N) is 4. The zero-order chi connectivity index (χ0) is 25.2. The maximum Gasteiger partial charge on any atom is 0.225 e. The van der Waals surface area contributed by atoms with E-state index in [4.69, 9.17) is 15.0 Å². The Hall–Kier alpha value is -2.40. The Labute approximate surface area is 215 Å². The predicted molar refractivity (Wildman–Crippen MR) is 142 cm³/mol. The second kappa shape index (κ2) is 10.9. The zero-order valence-electron chi connectivity index (χ0n) is 20.9. The van der Waals surface area contributed by atoms with Crippen LogP contribution in [0.2, 0.25) is 0 Å². The van der Waals surface area contributed by atoms with E-state index in [0.717, 1.165) is 57.9 Å². The van der Waals surface area contributed by atoms with Crippen LogP contribution < -0.4 is 10.6 Å². The van der Waals surface area contributed by atoms with Crippen molar-refractivity contribution in [1.29, 1.82) is 0 Å². The summed E-state index contributed by atoms with van der Waals surface area (Å²) in [6, 6.07) is 1.89. The van der Waals surface area contributed by atoms with Gasteiger partial charge in [0.2, 0.25) is 5.95 Å². The quantitative estimate of drug-likeness (QED) is 0.306. The molecule has 10 heteroatoms. The molecular weight excluding hydrogens is 476 g/mol. The number of thiazole rings is 1. The fraction of sp³-hybridized carbons (Fsp3) is 0.615. The first-order valence-electron chi connectivity index (χ1n) is 13.1. The minimum Gasteiger partial charge on any atom is -0.396 e. The molecule has 1 unspecified atom stereocenters. The lowest BCUT2D eigenvalue weighted by molar-refractivity contribution is 0.00446. The smallest absolute Gasteiger partial charge is 0.225 e. The Morgan fingerprint density at radius 1 is 1.06 bits per heavy atom. The van der Waals surface area contributed by atoms with Crippen LogP contribution in [0, 0.1) is 12.8 Å². The van der Waals surface area contributed by atoms with Crippen LogP contribution in [0.3, 0.4) is 0 Å². The molecule has 2 fully saturated rings. The van der Waals surface area contributed by atoms with Gasteiger partial charge in [0.25, 0.3) is 0 Å². The Morgan fingerprint density at radius 2 is 1.86 bits per heavy atom. The minimum atomic E-state index is -1.00. The third kappa shape index (κ3) is 5.04. The molecule has 2 aliphatic rings. The van der Waals surface area contributed by atoms with Gasteiger partial charge in [0, 0.05) is 24.8 Å². The molecule has 0 aromatic carbocycles. The molecule has 9 nitrogen and oxygen atoms in total. The summed E-state index contributed by atoms with van der Waals surface area (Å²) in [5.41, 5.74) is 3.48. The Morgan fingerprint density at radius 3 is 2.58 bits per heavy atom. The zero-order valence-corrected chi connectivity index (χ0v) is 21.8. The van der Waals surface area contributed by atoms with E-state index in [1.807, 2.05) is 19.2 Å². The van der Waals surface area contributed by atoms with Gasteiger partial charge in [0.1, 0.15) is 22.4 Å². The topological polar surface area (TPSA) is 136 Å². The standard InChI is InChI=1S/C26H36N6O3S/c1-3-7-17-21-19(10-11-27-17)36-25(31-21)20-14(2)28-26(29-16-8-5-4-6-9-16)32-24(20)30-18-12-15(13-33)22(34)23(18)35/h10-11,15-16,18,22-23,33-35H,3-9,12-13H2,1-2H3,(H2,28,29,30,32)/t15-,18?,22-,23+/m1/s1. The molecule has 3 aromatic rings. The number of hydrogen-bond donors (Lipinski definition) is 5. The number of aliphatic hydroxyl groups excluding tert-OH is 3. The van der Waals surface area contributed by atoms with Crippen molar-refractivity contribution in [2.24, 2.45) is 5.92 Å². The number of pyridine rings is 1. The van der Waals surface area contributed by atoms with Crippen molar-refractivity contribution in [1.82, 2.24) is 19.9 Å². The Bertz CT molecular complexity index is 1200. The van der Waals surface area contributed by atoms with Gasteiger partial charge in [-0.05, 0) is 38.7 Å². The van der Waals surface area contributed by atoms with E-state index in [0.29, 0.717) is 24.2 Å². The lowest BCUT2D eigenvalue weighted by Gasteiger charge is -2.25. The van der Waals surface area contributed by atoms with Gasteiger partial charge < -0.3 is 26.0 Å². The molecule has 0 saturated heterocycles. The van der Waals surface area contributed by atoms with Crippen molar-refractivity contribution in [2.75, 3.05) is 17.2 Å². The summed E-state index contributed by atoms with van der Waals surface area (Å²) in [6.45, 7) is 3.92. The summed E-state index contributed by atoms with van der Waals surface area (Å²) in [4.78, 5) is 19.2. The lowest BCUT2D eigenvalue weighted by Crippen LogP contribution is -2.36. The lowest BCUT2D eigenvalue weighted by atomic mass is 9.96. The molecule has 4 atom stereocenters. The van der Waals surface area contributed by atoms with Crippen LogP contribution in [0.1, 0.15) is 63.3 Å². The maximum atomic E-state index is 10.7. The monoisotopic (exact) mass is 512 g/mol. The number of anilines is 2. The number of aliphatic hydroxyl groups is 3. The average Bonchev–Trinajstić information content (AvgIpc) is 3.41. The van der Waals surface area contributed by atoms with E-state index in [2.05, 4.69) is 22.5 Å². The normalized spacial score (nSPS) is 24.9. The second-order valence-electron chi connectivity index (χ2n) is 10.1. The maximum absolute atomic E-state index is 10.7. The molecule has 0 amide bonds. The molecule has 194 valence electrons. The second-order valence-corrected chi connectivity index (χ2v) is 11.1. The van der Waals surface area contributed by atoms with Gasteiger partial charge in [-0.15, -0.1) is 11.3 Å². The summed E-state index contributed by atoms with van der Waals surface area (Å²) < 4.78 is 1.06. The third-order valence-corrected chi connectivity index (χ3v) is 8.51. The van der Waals surface area contributed by atoms with Crippen molar-refractivity contribution in [3.8, 4) is 10.6 Å². The number of rotatable bonds is 8. The largest absolute Gasteiger partial charge is 0.396 e. The van der Waals surface area contributed by atoms with Crippen molar-refractivity contribution in [3.63, 3.8) is 0 Å². The molecule has 0 aliphatic heterocycles. The van der Waals surface area contributed by atoms with Gasteiger partial charge in [-0.25, -0.2) is 9.97 Å². The van der Waals surface area contributed by atoms with E-state index >= 15 is 0 Å². The fourth-order valence-electron chi connectivity index (χ4n) is 5.49. The molecule has 2 aliphatic carbocycles. The molecule has 0 bridgehead atoms. The molecule has 0 spiro atoms. The summed E-state index contributed by atoms with van der Waals surface area (Å²) in [5.74, 6) is 0.764. The van der Waals surface area contributed by atoms with E-state index in [9.17, 15) is 15.3 Å². The van der Waals surface area contributed by atoms with Gasteiger partial charge >= 0.3 is 0 Å². The molecule has 2 saturated carbocycles. The van der Waals surface area contributed by atoms with E-state index < -0.39 is 18.2 Å². The van der Waals surface area contributed by atoms with Gasteiger partial charge in [-0.1, -0.05) is 32.6 Å². The van der Waals surface area contributed by atoms with Crippen molar-refractivity contribution in [3.05, 3.63) is 23.7 Å². The van der Waals surface area contributed by atoms with Crippen LogP contribution in [0.5, 0.6) is 0 Å². The third-order valence-electron chi connectivity index (χ3n) is 7.47. The highest BCUT2D eigenvalue weighted by Crippen LogP contribution is 2.39. The number of aryl methyl sites for hydroxylation is 2. The van der Waals surface area contributed by atoms with Crippen LogP contribution in [-0.2, 0) is 6.42 Å². The Balaban J connectivity index is 1.54. The number of hydrogen-bond acceptors (Lipinski definition) is 10. The van der Waals surface area contributed by atoms with E-state index in [1.165, 1.54) is 19.3 Å². The highest BCUT2D eigenvalue weighted by atomic mass is 32.1. The van der Waals surface area contributed by atoms with Gasteiger partial charge in [-0.2, -0.15) is 4.98 Å². The van der Waals surface area contributed by atoms with Crippen molar-refractivity contribution >= 4 is 33.3 Å². The highest BCUT2D eigenvalue weighted by molar-refractivity contribution is 7.21. The van der Waals surface area contributed by atoms with Gasteiger partial charge in [0.15, 0.2) is 0 Å². The summed E-state index contributed by atoms with van der Waals surface area (Å²) >= 11 is 1.58. The van der Waals surface area contributed by atoms with Crippen LogP contribution in [-0.4, -0.2) is 66.2 Å². The molecule has 36 heavy (non-hydrogen) atoms. The summed E-state index contributed by atoms with van der Waals surface area (Å²) in [7, 11) is 0. The van der Waals surface area contributed by atoms with E-state index in [1.54, 1.807) is 11.3 Å². The first-order valence-corrected chi connectivity index (χ1v) is 13.9. The molecule has 3 heterocycles. The molecule has 5 N–H and O–H groups in total. The summed E-state index contributed by atoms with van der Waals surface area (Å²) in [6.07, 6.45) is 8.01. The number of fused-ring (bicyclic) bond motifs is 1. The molecular formula is C26H36N6O3S. The van der Waals surface area contributed by atoms with Crippen molar-refractivity contribution < 1.29 is 15.3 Å². The predicted octanol–water partition coefficient (Wildman–Crippen LogP) is 3.67. The first-order chi connectivity index (χ1) is 17.5. The number of nitrogens with one attached hydrogen (secondary N) is 2. The average molecular weight is 513 g/mol. The Kier molecular flexibility index (Phi) is 7.66. The van der Waals surface area contributed by atoms with Crippen LogP contribution in [0.15, 0.2) is 12.3 Å². The van der Waals surface area contributed by atoms with Crippen molar-refractivity contribution in [2.45, 2.75) is 89.5 Å². The highest BCUT2D eigenvalue weighted by Gasteiger charge is 2.41. The summed E-state index contributed by atoms with van der Waals surface area (Å²) in [5, 5.41) is 38.4. The fourth-order valence-corrected chi connectivity index (χ4v) is 6.57.